The molecule has 2 amide bonds. The molecule has 1 atom stereocenters. The fourth-order valence-electron chi connectivity index (χ4n) is 3.61. The van der Waals surface area contributed by atoms with E-state index in [1.807, 2.05) is 24.0 Å². The Bertz CT molecular complexity index is 582. The van der Waals surface area contributed by atoms with Gasteiger partial charge in [0.1, 0.15) is 0 Å². The van der Waals surface area contributed by atoms with Crippen molar-refractivity contribution in [3.8, 4) is 0 Å². The number of ether oxygens (including phenoxy) is 2. The largest absolute Gasteiger partial charge is 0.348 e. The summed E-state index contributed by atoms with van der Waals surface area (Å²) >= 11 is 0. The van der Waals surface area contributed by atoms with Crippen molar-refractivity contribution in [3.63, 3.8) is 0 Å². The number of carbonyl (C=O) groups excluding carboxylic acids is 1. The maximum atomic E-state index is 13.0. The lowest BCUT2D eigenvalue weighted by molar-refractivity contribution is -0.0973. The average molecular weight is 332 g/mol. The highest BCUT2D eigenvalue weighted by atomic mass is 16.7. The van der Waals surface area contributed by atoms with Crippen LogP contribution in [0.15, 0.2) is 18.2 Å². The van der Waals surface area contributed by atoms with Gasteiger partial charge in [-0.25, -0.2) is 4.79 Å². The summed E-state index contributed by atoms with van der Waals surface area (Å²) in [5, 5.41) is 3.16. The zero-order chi connectivity index (χ0) is 17.1. The van der Waals surface area contributed by atoms with Gasteiger partial charge in [0.25, 0.3) is 0 Å². The van der Waals surface area contributed by atoms with Crippen molar-refractivity contribution < 1.29 is 14.3 Å². The molecule has 2 fully saturated rings. The number of para-hydroxylation sites is 1. The van der Waals surface area contributed by atoms with Crippen LogP contribution < -0.4 is 5.32 Å². The molecule has 1 unspecified atom stereocenters. The Labute approximate surface area is 144 Å². The highest BCUT2D eigenvalue weighted by Gasteiger charge is 2.36. The predicted octanol–water partition coefficient (Wildman–Crippen LogP) is 3.88. The molecule has 2 aliphatic heterocycles. The monoisotopic (exact) mass is 332 g/mol. The summed E-state index contributed by atoms with van der Waals surface area (Å²) in [6, 6.07) is 6.13. The number of nitrogens with zero attached hydrogens (tertiary/aromatic N) is 1. The van der Waals surface area contributed by atoms with Crippen LogP contribution >= 0.6 is 0 Å². The minimum atomic E-state index is -0.280. The summed E-state index contributed by atoms with van der Waals surface area (Å²) in [5.41, 5.74) is 3.21. The van der Waals surface area contributed by atoms with Crippen LogP contribution in [0, 0.1) is 6.92 Å². The Morgan fingerprint density at radius 3 is 2.71 bits per heavy atom. The lowest BCUT2D eigenvalue weighted by Crippen LogP contribution is -2.51. The SMILES string of the molecule is Cc1cccc(C(C)C)c1NC(=O)N1CCCCC1C1OCCO1. The Morgan fingerprint density at radius 1 is 1.25 bits per heavy atom. The van der Waals surface area contributed by atoms with Gasteiger partial charge in [-0.15, -0.1) is 0 Å². The van der Waals surface area contributed by atoms with E-state index in [4.69, 9.17) is 9.47 Å². The zero-order valence-corrected chi connectivity index (χ0v) is 14.9. The molecule has 0 aliphatic carbocycles. The van der Waals surface area contributed by atoms with Gasteiger partial charge in [0.15, 0.2) is 6.29 Å². The maximum absolute atomic E-state index is 13.0. The van der Waals surface area contributed by atoms with E-state index in [0.29, 0.717) is 19.1 Å². The molecule has 3 rings (SSSR count). The number of likely N-dealkylation sites (tertiary alicyclic amines) is 1. The minimum absolute atomic E-state index is 0.00719. The van der Waals surface area contributed by atoms with Gasteiger partial charge in [-0.3, -0.25) is 0 Å². The molecule has 24 heavy (non-hydrogen) atoms. The summed E-state index contributed by atoms with van der Waals surface area (Å²) < 4.78 is 11.3. The second-order valence-electron chi connectivity index (χ2n) is 6.99. The lowest BCUT2D eigenvalue weighted by atomic mass is 9.98. The average Bonchev–Trinajstić information content (AvgIpc) is 3.10. The standard InChI is InChI=1S/C19H28N2O3/c1-13(2)15-8-6-7-14(3)17(15)20-19(22)21-10-5-4-9-16(21)18-23-11-12-24-18/h6-8,13,16,18H,4-5,9-12H2,1-3H3,(H,20,22). The lowest BCUT2D eigenvalue weighted by Gasteiger charge is -2.38. The number of hydrogen-bond acceptors (Lipinski definition) is 3. The van der Waals surface area contributed by atoms with E-state index in [9.17, 15) is 4.79 Å². The first-order chi connectivity index (χ1) is 11.6. The highest BCUT2D eigenvalue weighted by molar-refractivity contribution is 5.91. The molecule has 2 aliphatic rings. The third-order valence-electron chi connectivity index (χ3n) is 4.93. The van der Waals surface area contributed by atoms with Crippen LogP contribution in [-0.2, 0) is 9.47 Å². The Kier molecular flexibility index (Phi) is 5.41. The molecule has 0 aromatic heterocycles. The molecule has 0 saturated carbocycles. The molecular formula is C19H28N2O3. The summed E-state index contributed by atoms with van der Waals surface area (Å²) in [7, 11) is 0. The van der Waals surface area contributed by atoms with Crippen molar-refractivity contribution in [2.24, 2.45) is 0 Å². The number of urea groups is 1. The second-order valence-corrected chi connectivity index (χ2v) is 6.99. The van der Waals surface area contributed by atoms with Crippen molar-refractivity contribution in [1.29, 1.82) is 0 Å². The van der Waals surface area contributed by atoms with Gasteiger partial charge in [-0.05, 0) is 43.2 Å². The van der Waals surface area contributed by atoms with Gasteiger partial charge >= 0.3 is 6.03 Å². The van der Waals surface area contributed by atoms with Crippen LogP contribution in [0.2, 0.25) is 0 Å². The molecule has 0 radical (unpaired) electrons. The molecule has 2 saturated heterocycles. The van der Waals surface area contributed by atoms with E-state index in [1.165, 1.54) is 5.56 Å². The Balaban J connectivity index is 1.78. The van der Waals surface area contributed by atoms with Crippen molar-refractivity contribution in [3.05, 3.63) is 29.3 Å². The number of benzene rings is 1. The molecule has 2 heterocycles. The third-order valence-corrected chi connectivity index (χ3v) is 4.93. The number of anilines is 1. The van der Waals surface area contributed by atoms with Crippen LogP contribution in [0.1, 0.15) is 50.2 Å². The number of carbonyl (C=O) groups is 1. The van der Waals surface area contributed by atoms with E-state index in [0.717, 1.165) is 37.1 Å². The van der Waals surface area contributed by atoms with Gasteiger partial charge in [0, 0.05) is 12.2 Å². The van der Waals surface area contributed by atoms with Gasteiger partial charge in [0.2, 0.25) is 0 Å². The van der Waals surface area contributed by atoms with Gasteiger partial charge < -0.3 is 19.7 Å². The Hall–Kier alpha value is -1.59. The first-order valence-corrected chi connectivity index (χ1v) is 8.98. The number of hydrogen-bond donors (Lipinski definition) is 1. The number of nitrogens with one attached hydrogen (secondary N) is 1. The molecule has 1 N–H and O–H groups in total. The minimum Gasteiger partial charge on any atom is -0.348 e. The normalized spacial score (nSPS) is 22.2. The molecular weight excluding hydrogens is 304 g/mol. The first-order valence-electron chi connectivity index (χ1n) is 8.98. The van der Waals surface area contributed by atoms with E-state index >= 15 is 0 Å². The van der Waals surface area contributed by atoms with Crippen molar-refractivity contribution in [2.75, 3.05) is 25.1 Å². The summed E-state index contributed by atoms with van der Waals surface area (Å²) in [4.78, 5) is 14.9. The van der Waals surface area contributed by atoms with E-state index in [1.54, 1.807) is 0 Å². The molecule has 0 bridgehead atoms. The summed E-state index contributed by atoms with van der Waals surface area (Å²) in [6.07, 6.45) is 2.79. The third kappa shape index (κ3) is 3.57. The molecule has 5 heteroatoms. The van der Waals surface area contributed by atoms with Crippen molar-refractivity contribution >= 4 is 11.7 Å². The van der Waals surface area contributed by atoms with Gasteiger partial charge in [0.05, 0.1) is 19.3 Å². The van der Waals surface area contributed by atoms with Crippen LogP contribution in [0.4, 0.5) is 10.5 Å². The number of piperidine rings is 1. The smallest absolute Gasteiger partial charge is 0.322 e. The van der Waals surface area contributed by atoms with Crippen molar-refractivity contribution in [2.45, 2.75) is 58.3 Å². The van der Waals surface area contributed by atoms with Gasteiger partial charge in [-0.2, -0.15) is 0 Å². The van der Waals surface area contributed by atoms with E-state index < -0.39 is 0 Å². The topological polar surface area (TPSA) is 50.8 Å². The molecule has 0 spiro atoms. The number of aryl methyl sites for hydroxylation is 1. The first kappa shape index (κ1) is 17.2. The molecule has 1 aromatic rings. The predicted molar refractivity (Wildman–Crippen MR) is 94.3 cm³/mol. The summed E-state index contributed by atoms with van der Waals surface area (Å²) in [6.45, 7) is 8.32. The second kappa shape index (κ2) is 7.53. The summed E-state index contributed by atoms with van der Waals surface area (Å²) in [5.74, 6) is 0.360. The molecule has 1 aromatic carbocycles. The van der Waals surface area contributed by atoms with Crippen LogP contribution in [0.5, 0.6) is 0 Å². The zero-order valence-electron chi connectivity index (χ0n) is 14.9. The quantitative estimate of drug-likeness (QED) is 0.914. The Morgan fingerprint density at radius 2 is 2.00 bits per heavy atom. The van der Waals surface area contributed by atoms with Crippen LogP contribution in [0.3, 0.4) is 0 Å². The van der Waals surface area contributed by atoms with E-state index in [2.05, 4.69) is 25.2 Å². The number of amides is 2. The maximum Gasteiger partial charge on any atom is 0.322 e. The van der Waals surface area contributed by atoms with Crippen molar-refractivity contribution in [1.82, 2.24) is 4.90 Å². The molecule has 132 valence electrons. The van der Waals surface area contributed by atoms with Gasteiger partial charge in [-0.1, -0.05) is 32.0 Å². The van der Waals surface area contributed by atoms with Crippen LogP contribution in [-0.4, -0.2) is 43.0 Å². The highest BCUT2D eigenvalue weighted by Crippen LogP contribution is 2.29. The molecule has 5 nitrogen and oxygen atoms in total. The van der Waals surface area contributed by atoms with E-state index in [-0.39, 0.29) is 18.4 Å². The fraction of sp³-hybridized carbons (Fsp3) is 0.632. The number of rotatable bonds is 3. The fourth-order valence-corrected chi connectivity index (χ4v) is 3.61. The van der Waals surface area contributed by atoms with Crippen LogP contribution in [0.25, 0.3) is 0 Å².